The van der Waals surface area contributed by atoms with Crippen molar-refractivity contribution in [3.8, 4) is 10.7 Å². The van der Waals surface area contributed by atoms with Crippen molar-refractivity contribution in [2.45, 2.75) is 10.9 Å². The Morgan fingerprint density at radius 1 is 1.20 bits per heavy atom. The van der Waals surface area contributed by atoms with Crippen molar-refractivity contribution in [3.63, 3.8) is 0 Å². The molecular formula is C14H12FN3S2. The van der Waals surface area contributed by atoms with Crippen LogP contribution in [0.5, 0.6) is 0 Å². The Morgan fingerprint density at radius 3 is 2.80 bits per heavy atom. The molecule has 0 fully saturated rings. The molecule has 20 heavy (non-hydrogen) atoms. The Labute approximate surface area is 124 Å². The highest BCUT2D eigenvalue weighted by molar-refractivity contribution is 7.98. The van der Waals surface area contributed by atoms with Gasteiger partial charge in [-0.15, -0.1) is 21.5 Å². The van der Waals surface area contributed by atoms with Gasteiger partial charge < -0.3 is 4.57 Å². The average molecular weight is 305 g/mol. The first kappa shape index (κ1) is 13.3. The molecule has 3 aromatic rings. The molecule has 0 saturated carbocycles. The van der Waals surface area contributed by atoms with Crippen LogP contribution in [0.15, 0.2) is 46.9 Å². The largest absolute Gasteiger partial charge is 0.304 e. The van der Waals surface area contributed by atoms with Crippen LogP contribution in [0.25, 0.3) is 10.7 Å². The molecular weight excluding hydrogens is 293 g/mol. The highest BCUT2D eigenvalue weighted by Crippen LogP contribution is 2.28. The maximum absolute atomic E-state index is 13.6. The van der Waals surface area contributed by atoms with Crippen LogP contribution < -0.4 is 0 Å². The van der Waals surface area contributed by atoms with Gasteiger partial charge in [-0.2, -0.15) is 0 Å². The van der Waals surface area contributed by atoms with Crippen molar-refractivity contribution in [2.24, 2.45) is 7.05 Å². The molecule has 6 heteroatoms. The van der Waals surface area contributed by atoms with Crippen LogP contribution in [0.4, 0.5) is 4.39 Å². The van der Waals surface area contributed by atoms with Gasteiger partial charge >= 0.3 is 0 Å². The van der Waals surface area contributed by atoms with E-state index in [1.807, 2.05) is 35.2 Å². The number of halogens is 1. The first-order chi connectivity index (χ1) is 9.75. The van der Waals surface area contributed by atoms with E-state index in [1.165, 1.54) is 17.8 Å². The predicted molar refractivity (Wildman–Crippen MR) is 80.3 cm³/mol. The zero-order chi connectivity index (χ0) is 13.9. The van der Waals surface area contributed by atoms with E-state index in [1.54, 1.807) is 23.5 Å². The summed E-state index contributed by atoms with van der Waals surface area (Å²) in [5, 5.41) is 11.2. The van der Waals surface area contributed by atoms with Crippen LogP contribution in [0, 0.1) is 5.82 Å². The van der Waals surface area contributed by atoms with Gasteiger partial charge in [0.15, 0.2) is 11.0 Å². The van der Waals surface area contributed by atoms with Gasteiger partial charge in [-0.1, -0.05) is 36.0 Å². The van der Waals surface area contributed by atoms with Gasteiger partial charge in [0.25, 0.3) is 0 Å². The van der Waals surface area contributed by atoms with Gasteiger partial charge in [-0.25, -0.2) is 4.39 Å². The molecule has 0 saturated heterocycles. The average Bonchev–Trinajstić information content (AvgIpc) is 3.08. The molecule has 0 amide bonds. The minimum Gasteiger partial charge on any atom is -0.304 e. The Hall–Kier alpha value is -1.66. The number of hydrogen-bond donors (Lipinski definition) is 0. The number of nitrogens with zero attached hydrogens (tertiary/aromatic N) is 3. The molecule has 0 aliphatic carbocycles. The van der Waals surface area contributed by atoms with Crippen LogP contribution in [-0.2, 0) is 12.8 Å². The Kier molecular flexibility index (Phi) is 3.84. The Balaban J connectivity index is 1.78. The molecule has 102 valence electrons. The molecule has 1 aromatic carbocycles. The highest BCUT2D eigenvalue weighted by atomic mass is 32.2. The summed E-state index contributed by atoms with van der Waals surface area (Å²) in [6, 6.07) is 10.8. The van der Waals surface area contributed by atoms with E-state index in [0.29, 0.717) is 11.3 Å². The molecule has 0 spiro atoms. The van der Waals surface area contributed by atoms with Crippen LogP contribution in [0.2, 0.25) is 0 Å². The predicted octanol–water partition coefficient (Wildman–Crippen LogP) is 3.98. The molecule has 2 heterocycles. The lowest BCUT2D eigenvalue weighted by Crippen LogP contribution is -1.94. The van der Waals surface area contributed by atoms with Crippen LogP contribution in [0.1, 0.15) is 5.56 Å². The maximum Gasteiger partial charge on any atom is 0.191 e. The topological polar surface area (TPSA) is 30.7 Å². The molecule has 3 nitrogen and oxygen atoms in total. The lowest BCUT2D eigenvalue weighted by atomic mass is 10.2. The quantitative estimate of drug-likeness (QED) is 0.683. The van der Waals surface area contributed by atoms with Gasteiger partial charge in [0.2, 0.25) is 0 Å². The van der Waals surface area contributed by atoms with E-state index in [9.17, 15) is 4.39 Å². The highest BCUT2D eigenvalue weighted by Gasteiger charge is 2.12. The molecule has 0 unspecified atom stereocenters. The molecule has 0 aliphatic rings. The summed E-state index contributed by atoms with van der Waals surface area (Å²) in [5.74, 6) is 1.21. The minimum absolute atomic E-state index is 0.180. The smallest absolute Gasteiger partial charge is 0.191 e. The van der Waals surface area contributed by atoms with E-state index in [-0.39, 0.29) is 5.82 Å². The number of aromatic nitrogens is 3. The third-order valence-electron chi connectivity index (χ3n) is 2.89. The number of hydrogen-bond acceptors (Lipinski definition) is 4. The van der Waals surface area contributed by atoms with Crippen molar-refractivity contribution >= 4 is 23.1 Å². The minimum atomic E-state index is -0.180. The summed E-state index contributed by atoms with van der Waals surface area (Å²) in [6.45, 7) is 0. The van der Waals surface area contributed by atoms with Crippen LogP contribution in [0.3, 0.4) is 0 Å². The molecule has 0 atom stereocenters. The Bertz CT molecular complexity index is 707. The summed E-state index contributed by atoms with van der Waals surface area (Å²) in [7, 11) is 1.93. The normalized spacial score (nSPS) is 10.9. The van der Waals surface area contributed by atoms with Gasteiger partial charge in [-0.3, -0.25) is 0 Å². The summed E-state index contributed by atoms with van der Waals surface area (Å²) < 4.78 is 15.5. The molecule has 3 rings (SSSR count). The van der Waals surface area contributed by atoms with Gasteiger partial charge in [0, 0.05) is 12.8 Å². The molecule has 2 aromatic heterocycles. The van der Waals surface area contributed by atoms with Crippen LogP contribution in [-0.4, -0.2) is 14.8 Å². The van der Waals surface area contributed by atoms with Crippen molar-refractivity contribution in [1.82, 2.24) is 14.8 Å². The van der Waals surface area contributed by atoms with Gasteiger partial charge in [-0.05, 0) is 23.1 Å². The zero-order valence-electron chi connectivity index (χ0n) is 10.8. The fourth-order valence-corrected chi connectivity index (χ4v) is 3.46. The summed E-state index contributed by atoms with van der Waals surface area (Å²) in [5.41, 5.74) is 0.679. The lowest BCUT2D eigenvalue weighted by molar-refractivity contribution is 0.617. The van der Waals surface area contributed by atoms with E-state index in [0.717, 1.165) is 15.9 Å². The summed E-state index contributed by atoms with van der Waals surface area (Å²) >= 11 is 3.11. The SMILES string of the molecule is Cn1c(SCc2ccccc2F)nnc1-c1cccs1. The van der Waals surface area contributed by atoms with Gasteiger partial charge in [0.1, 0.15) is 5.82 Å². The van der Waals surface area contributed by atoms with Crippen LogP contribution >= 0.6 is 23.1 Å². The third kappa shape index (κ3) is 2.62. The number of thioether (sulfide) groups is 1. The fourth-order valence-electron chi connectivity index (χ4n) is 1.82. The lowest BCUT2D eigenvalue weighted by Gasteiger charge is -2.03. The fraction of sp³-hybridized carbons (Fsp3) is 0.143. The van der Waals surface area contributed by atoms with E-state index in [4.69, 9.17) is 0 Å². The van der Waals surface area contributed by atoms with Gasteiger partial charge in [0.05, 0.1) is 4.88 Å². The van der Waals surface area contributed by atoms with Crippen molar-refractivity contribution in [1.29, 1.82) is 0 Å². The second-order valence-electron chi connectivity index (χ2n) is 4.22. The second kappa shape index (κ2) is 5.76. The third-order valence-corrected chi connectivity index (χ3v) is 4.83. The van der Waals surface area contributed by atoms with Crippen molar-refractivity contribution in [3.05, 3.63) is 53.2 Å². The van der Waals surface area contributed by atoms with E-state index < -0.39 is 0 Å². The first-order valence-electron chi connectivity index (χ1n) is 6.05. The standard InChI is InChI=1S/C14H12FN3S2/c1-18-13(12-7-4-8-19-12)16-17-14(18)20-9-10-5-2-3-6-11(10)15/h2-8H,9H2,1H3. The van der Waals surface area contributed by atoms with Crippen molar-refractivity contribution in [2.75, 3.05) is 0 Å². The first-order valence-corrected chi connectivity index (χ1v) is 7.91. The molecule has 0 aliphatic heterocycles. The summed E-state index contributed by atoms with van der Waals surface area (Å²) in [6.07, 6.45) is 0. The second-order valence-corrected chi connectivity index (χ2v) is 6.11. The monoisotopic (exact) mass is 305 g/mol. The number of rotatable bonds is 4. The zero-order valence-corrected chi connectivity index (χ0v) is 12.4. The summed E-state index contributed by atoms with van der Waals surface area (Å²) in [4.78, 5) is 1.08. The number of benzene rings is 1. The molecule has 0 bridgehead atoms. The number of thiophene rings is 1. The Morgan fingerprint density at radius 2 is 2.05 bits per heavy atom. The van der Waals surface area contributed by atoms with Crippen molar-refractivity contribution < 1.29 is 4.39 Å². The van der Waals surface area contributed by atoms with E-state index in [2.05, 4.69) is 10.2 Å². The molecule has 0 N–H and O–H groups in total. The molecule has 0 radical (unpaired) electrons. The maximum atomic E-state index is 13.6. The van der Waals surface area contributed by atoms with E-state index >= 15 is 0 Å².